The summed E-state index contributed by atoms with van der Waals surface area (Å²) < 4.78 is 36.9. The molecule has 1 aromatic rings. The van der Waals surface area contributed by atoms with Crippen LogP contribution in [-0.2, 0) is 6.54 Å². The van der Waals surface area contributed by atoms with Crippen molar-refractivity contribution in [1.29, 1.82) is 0 Å². The van der Waals surface area contributed by atoms with E-state index in [4.69, 9.17) is 11.6 Å². The van der Waals surface area contributed by atoms with Crippen molar-refractivity contribution in [2.45, 2.75) is 32.6 Å². The zero-order valence-corrected chi connectivity index (χ0v) is 11.9. The average Bonchev–Trinajstić information content (AvgIpc) is 2.24. The van der Waals surface area contributed by atoms with Gasteiger partial charge in [0.15, 0.2) is 0 Å². The fourth-order valence-corrected chi connectivity index (χ4v) is 1.83. The number of benzene rings is 1. The molecule has 0 aliphatic rings. The molecule has 108 valence electrons. The predicted molar refractivity (Wildman–Crippen MR) is 72.8 cm³/mol. The van der Waals surface area contributed by atoms with Crippen LogP contribution >= 0.6 is 11.6 Å². The molecule has 0 radical (unpaired) electrons. The molecule has 0 saturated carbocycles. The molecule has 0 aliphatic heterocycles. The van der Waals surface area contributed by atoms with E-state index in [1.807, 2.05) is 13.8 Å². The van der Waals surface area contributed by atoms with E-state index < -0.39 is 12.7 Å². The van der Waals surface area contributed by atoms with Gasteiger partial charge in [0.05, 0.1) is 0 Å². The number of hydrogen-bond donors (Lipinski definition) is 1. The van der Waals surface area contributed by atoms with Crippen LogP contribution in [0.2, 0.25) is 5.02 Å². The molecule has 6 heteroatoms. The minimum absolute atomic E-state index is 0.323. The van der Waals surface area contributed by atoms with Crippen molar-refractivity contribution < 1.29 is 13.2 Å². The molecule has 2 nitrogen and oxygen atoms in total. The van der Waals surface area contributed by atoms with Gasteiger partial charge in [0, 0.05) is 30.3 Å². The Kier molecular flexibility index (Phi) is 5.50. The van der Waals surface area contributed by atoms with Crippen LogP contribution in [0.4, 0.5) is 18.9 Å². The van der Waals surface area contributed by atoms with Gasteiger partial charge in [-0.25, -0.2) is 0 Å². The van der Waals surface area contributed by atoms with Gasteiger partial charge < -0.3 is 10.2 Å². The number of rotatable bonds is 5. The highest BCUT2D eigenvalue weighted by Gasteiger charge is 2.29. The summed E-state index contributed by atoms with van der Waals surface area (Å²) in [6, 6.07) is 5.28. The maximum absolute atomic E-state index is 12.3. The molecule has 0 heterocycles. The first-order valence-electron chi connectivity index (χ1n) is 5.99. The second-order valence-electron chi connectivity index (χ2n) is 4.78. The quantitative estimate of drug-likeness (QED) is 0.888. The Morgan fingerprint density at radius 3 is 2.42 bits per heavy atom. The minimum Gasteiger partial charge on any atom is -0.366 e. The summed E-state index contributed by atoms with van der Waals surface area (Å²) >= 11 is 6.08. The summed E-state index contributed by atoms with van der Waals surface area (Å²) in [6.07, 6.45) is -4.22. The molecular weight excluding hydrogens is 277 g/mol. The zero-order chi connectivity index (χ0) is 14.6. The molecule has 1 aromatic carbocycles. The summed E-state index contributed by atoms with van der Waals surface area (Å²) in [4.78, 5) is 1.13. The first-order valence-corrected chi connectivity index (χ1v) is 6.36. The normalized spacial score (nSPS) is 12.0. The van der Waals surface area contributed by atoms with E-state index in [2.05, 4.69) is 5.32 Å². The number of halogens is 4. The van der Waals surface area contributed by atoms with Crippen molar-refractivity contribution in [3.8, 4) is 0 Å². The summed E-state index contributed by atoms with van der Waals surface area (Å²) in [6.45, 7) is 3.63. The van der Waals surface area contributed by atoms with Gasteiger partial charge in [-0.15, -0.1) is 0 Å². The second-order valence-corrected chi connectivity index (χ2v) is 5.19. The Hall–Kier alpha value is -0.940. The Balaban J connectivity index is 2.76. The molecule has 0 saturated heterocycles. The molecule has 0 bridgehead atoms. The Morgan fingerprint density at radius 2 is 1.95 bits per heavy atom. The summed E-state index contributed by atoms with van der Waals surface area (Å²) in [7, 11) is 1.39. The van der Waals surface area contributed by atoms with Crippen molar-refractivity contribution in [3.63, 3.8) is 0 Å². The maximum Gasteiger partial charge on any atom is 0.405 e. The summed E-state index contributed by atoms with van der Waals surface area (Å²) in [5.41, 5.74) is 1.33. The number of hydrogen-bond acceptors (Lipinski definition) is 2. The van der Waals surface area contributed by atoms with Crippen LogP contribution < -0.4 is 10.2 Å². The Morgan fingerprint density at radius 1 is 1.32 bits per heavy atom. The molecule has 1 N–H and O–H groups in total. The Labute approximate surface area is 116 Å². The minimum atomic E-state index is -4.22. The smallest absolute Gasteiger partial charge is 0.366 e. The lowest BCUT2D eigenvalue weighted by atomic mass is 10.2. The van der Waals surface area contributed by atoms with E-state index in [-0.39, 0.29) is 0 Å². The molecule has 19 heavy (non-hydrogen) atoms. The fourth-order valence-electron chi connectivity index (χ4n) is 1.59. The summed E-state index contributed by atoms with van der Waals surface area (Å²) in [5.74, 6) is 0. The Bertz CT molecular complexity index is 419. The first-order chi connectivity index (χ1) is 8.69. The third-order valence-electron chi connectivity index (χ3n) is 2.59. The third-order valence-corrected chi connectivity index (χ3v) is 2.95. The topological polar surface area (TPSA) is 15.3 Å². The molecule has 0 aliphatic carbocycles. The molecule has 0 fully saturated rings. The highest BCUT2D eigenvalue weighted by atomic mass is 35.5. The fraction of sp³-hybridized carbons (Fsp3) is 0.538. The van der Waals surface area contributed by atoms with E-state index >= 15 is 0 Å². The molecule has 0 spiro atoms. The van der Waals surface area contributed by atoms with Crippen LogP contribution in [0.25, 0.3) is 0 Å². The van der Waals surface area contributed by atoms with E-state index in [0.717, 1.165) is 10.5 Å². The largest absolute Gasteiger partial charge is 0.405 e. The van der Waals surface area contributed by atoms with E-state index in [1.165, 1.54) is 7.05 Å². The molecule has 0 atom stereocenters. The van der Waals surface area contributed by atoms with Gasteiger partial charge >= 0.3 is 6.18 Å². The van der Waals surface area contributed by atoms with Gasteiger partial charge in [0.2, 0.25) is 0 Å². The van der Waals surface area contributed by atoms with Crippen LogP contribution in [0.3, 0.4) is 0 Å². The van der Waals surface area contributed by atoms with E-state index in [9.17, 15) is 13.2 Å². The van der Waals surface area contributed by atoms with Gasteiger partial charge in [-0.2, -0.15) is 13.2 Å². The van der Waals surface area contributed by atoms with Crippen molar-refractivity contribution >= 4 is 17.3 Å². The molecular formula is C13H18ClF3N2. The van der Waals surface area contributed by atoms with Crippen molar-refractivity contribution in [2.24, 2.45) is 0 Å². The number of nitrogens with zero attached hydrogens (tertiary/aromatic N) is 1. The van der Waals surface area contributed by atoms with Crippen LogP contribution in [0, 0.1) is 0 Å². The molecule has 0 unspecified atom stereocenters. The third kappa shape index (κ3) is 5.70. The zero-order valence-electron chi connectivity index (χ0n) is 11.2. The highest BCUT2D eigenvalue weighted by molar-refractivity contribution is 6.31. The highest BCUT2D eigenvalue weighted by Crippen LogP contribution is 2.25. The lowest BCUT2D eigenvalue weighted by molar-refractivity contribution is -0.119. The van der Waals surface area contributed by atoms with Crippen molar-refractivity contribution in [1.82, 2.24) is 5.32 Å². The van der Waals surface area contributed by atoms with E-state index in [1.54, 1.807) is 18.2 Å². The number of anilines is 1. The van der Waals surface area contributed by atoms with Gasteiger partial charge in [-0.3, -0.25) is 0 Å². The van der Waals surface area contributed by atoms with E-state index in [0.29, 0.717) is 23.3 Å². The van der Waals surface area contributed by atoms with Gasteiger partial charge in [0.1, 0.15) is 6.54 Å². The maximum atomic E-state index is 12.3. The standard InChI is InChI=1S/C13H18ClF3N2/c1-9(2)18-7-10-4-5-11(6-12(10)14)19(3)8-13(15,16)17/h4-6,9,18H,7-8H2,1-3H3. The lowest BCUT2D eigenvalue weighted by Crippen LogP contribution is -2.30. The predicted octanol–water partition coefficient (Wildman–Crippen LogP) is 3.84. The van der Waals surface area contributed by atoms with Crippen LogP contribution in [0.15, 0.2) is 18.2 Å². The molecule has 1 rings (SSSR count). The second kappa shape index (κ2) is 6.48. The SMILES string of the molecule is CC(C)NCc1ccc(N(C)CC(F)(F)F)cc1Cl. The molecule has 0 aromatic heterocycles. The average molecular weight is 295 g/mol. The number of nitrogens with one attached hydrogen (secondary N) is 1. The molecule has 0 amide bonds. The van der Waals surface area contributed by atoms with Crippen molar-refractivity contribution in [2.75, 3.05) is 18.5 Å². The lowest BCUT2D eigenvalue weighted by Gasteiger charge is -2.21. The monoisotopic (exact) mass is 294 g/mol. The van der Waals surface area contributed by atoms with Gasteiger partial charge in [0.25, 0.3) is 0 Å². The summed E-state index contributed by atoms with van der Waals surface area (Å²) in [5, 5.41) is 3.68. The first kappa shape index (κ1) is 16.1. The van der Waals surface area contributed by atoms with Crippen LogP contribution in [-0.4, -0.2) is 25.8 Å². The van der Waals surface area contributed by atoms with Crippen LogP contribution in [0.5, 0.6) is 0 Å². The van der Waals surface area contributed by atoms with Crippen LogP contribution in [0.1, 0.15) is 19.4 Å². The van der Waals surface area contributed by atoms with Crippen molar-refractivity contribution in [3.05, 3.63) is 28.8 Å². The number of alkyl halides is 3. The van der Waals surface area contributed by atoms with Gasteiger partial charge in [-0.1, -0.05) is 31.5 Å². The van der Waals surface area contributed by atoms with Gasteiger partial charge in [-0.05, 0) is 17.7 Å².